The normalized spacial score (nSPS) is 32.9. The number of hydrogen-bond donors (Lipinski definition) is 10. The average molecular weight is 611 g/mol. The molecule has 16 nitrogen and oxygen atoms in total. The average Bonchev–Trinajstić information content (AvgIpc) is 2.98. The molecule has 2 fully saturated rings. The van der Waals surface area contributed by atoms with Gasteiger partial charge in [-0.05, 0) is 24.3 Å². The van der Waals surface area contributed by atoms with Crippen molar-refractivity contribution < 1.29 is 74.4 Å². The van der Waals surface area contributed by atoms with E-state index in [1.165, 1.54) is 24.3 Å². The second-order valence-corrected chi connectivity index (χ2v) is 10.1. The highest BCUT2D eigenvalue weighted by Gasteiger charge is 2.46. The molecule has 0 saturated carbocycles. The highest BCUT2D eigenvalue weighted by molar-refractivity contribution is 5.88. The van der Waals surface area contributed by atoms with Gasteiger partial charge in [0.2, 0.25) is 23.8 Å². The van der Waals surface area contributed by atoms with Crippen LogP contribution in [-0.2, 0) is 9.47 Å². The first-order chi connectivity index (χ1) is 20.4. The number of phenols is 2. The van der Waals surface area contributed by atoms with Gasteiger partial charge in [0, 0.05) is 17.7 Å². The lowest BCUT2D eigenvalue weighted by Gasteiger charge is -2.39. The molecule has 10 atom stereocenters. The van der Waals surface area contributed by atoms with Crippen molar-refractivity contribution in [3.63, 3.8) is 0 Å². The molecule has 0 amide bonds. The maximum absolute atomic E-state index is 13.7. The van der Waals surface area contributed by atoms with Crippen molar-refractivity contribution in [2.45, 2.75) is 61.4 Å². The second kappa shape index (κ2) is 12.2. The predicted molar refractivity (Wildman–Crippen MR) is 140 cm³/mol. The van der Waals surface area contributed by atoms with Gasteiger partial charge in [0.15, 0.2) is 5.76 Å². The SMILES string of the molecule is O=c1c(O[C@H]2O[C@@H](CO)[C@H](O)[C@@H](O)[C@@H]2O)c(-c2ccc(O)cc2)oc2cc(O[C@H]3O[C@@H](CO)[C@H](O)[C@@H](O)[C@@H]3O)cc(O)c12. The van der Waals surface area contributed by atoms with Gasteiger partial charge in [-0.3, -0.25) is 4.79 Å². The zero-order valence-corrected chi connectivity index (χ0v) is 22.1. The number of benzene rings is 2. The maximum atomic E-state index is 13.7. The van der Waals surface area contributed by atoms with Crippen molar-refractivity contribution in [2.75, 3.05) is 13.2 Å². The molecular weight excluding hydrogens is 580 g/mol. The van der Waals surface area contributed by atoms with Gasteiger partial charge in [-0.15, -0.1) is 0 Å². The van der Waals surface area contributed by atoms with E-state index in [9.17, 15) is 55.9 Å². The van der Waals surface area contributed by atoms with Crippen molar-refractivity contribution in [1.29, 1.82) is 0 Å². The molecule has 43 heavy (non-hydrogen) atoms. The van der Waals surface area contributed by atoms with Crippen molar-refractivity contribution in [1.82, 2.24) is 0 Å². The zero-order chi connectivity index (χ0) is 31.2. The van der Waals surface area contributed by atoms with Crippen LogP contribution in [-0.4, -0.2) is 126 Å². The van der Waals surface area contributed by atoms with E-state index in [-0.39, 0.29) is 28.4 Å². The van der Waals surface area contributed by atoms with E-state index in [0.717, 1.165) is 12.1 Å². The molecular formula is C27H30O16. The number of hydrogen-bond acceptors (Lipinski definition) is 16. The minimum absolute atomic E-state index is 0.129. The van der Waals surface area contributed by atoms with Crippen LogP contribution >= 0.6 is 0 Å². The predicted octanol–water partition coefficient (Wildman–Crippen LogP) is -2.77. The fraction of sp³-hybridized carbons (Fsp3) is 0.444. The monoisotopic (exact) mass is 610 g/mol. The molecule has 2 saturated heterocycles. The summed E-state index contributed by atoms with van der Waals surface area (Å²) in [6.07, 6.45) is -16.6. The first-order valence-electron chi connectivity index (χ1n) is 13.0. The first kappa shape index (κ1) is 30.9. The summed E-state index contributed by atoms with van der Waals surface area (Å²) in [6.45, 7) is -1.48. The van der Waals surface area contributed by atoms with E-state index in [1.807, 2.05) is 0 Å². The molecule has 0 aliphatic carbocycles. The molecule has 0 unspecified atom stereocenters. The van der Waals surface area contributed by atoms with Crippen molar-refractivity contribution in [2.24, 2.45) is 0 Å². The highest BCUT2D eigenvalue weighted by Crippen LogP contribution is 2.38. The van der Waals surface area contributed by atoms with Gasteiger partial charge in [0.1, 0.15) is 77.0 Å². The number of aliphatic hydroxyl groups excluding tert-OH is 8. The third-order valence-electron chi connectivity index (χ3n) is 7.22. The smallest absolute Gasteiger partial charge is 0.239 e. The Morgan fingerprint density at radius 1 is 0.698 bits per heavy atom. The Labute approximate surface area is 241 Å². The molecule has 0 radical (unpaired) electrons. The third kappa shape index (κ3) is 5.73. The van der Waals surface area contributed by atoms with Gasteiger partial charge in [0.05, 0.1) is 13.2 Å². The summed E-state index contributed by atoms with van der Waals surface area (Å²) in [5.74, 6) is -1.96. The Kier molecular flexibility index (Phi) is 8.77. The largest absolute Gasteiger partial charge is 0.508 e. The number of rotatable bonds is 7. The topological polar surface area (TPSA) is 269 Å². The minimum Gasteiger partial charge on any atom is -0.508 e. The maximum Gasteiger partial charge on any atom is 0.239 e. The van der Waals surface area contributed by atoms with Crippen molar-refractivity contribution >= 4 is 11.0 Å². The van der Waals surface area contributed by atoms with E-state index in [2.05, 4.69) is 0 Å². The minimum atomic E-state index is -1.89. The Hall–Kier alpha value is -3.55. The van der Waals surface area contributed by atoms with E-state index in [4.69, 9.17) is 23.4 Å². The van der Waals surface area contributed by atoms with Gasteiger partial charge in [0.25, 0.3) is 0 Å². The Morgan fingerprint density at radius 2 is 1.23 bits per heavy atom. The van der Waals surface area contributed by atoms with Crippen molar-refractivity contribution in [3.8, 4) is 34.3 Å². The van der Waals surface area contributed by atoms with Gasteiger partial charge in [-0.2, -0.15) is 0 Å². The van der Waals surface area contributed by atoms with Crippen LogP contribution < -0.4 is 14.9 Å². The van der Waals surface area contributed by atoms with Gasteiger partial charge >= 0.3 is 0 Å². The first-order valence-corrected chi connectivity index (χ1v) is 13.0. The number of ether oxygens (including phenoxy) is 4. The van der Waals surface area contributed by atoms with E-state index < -0.39 is 96.9 Å². The molecule has 5 rings (SSSR count). The molecule has 2 aliphatic heterocycles. The molecule has 3 aromatic rings. The third-order valence-corrected chi connectivity index (χ3v) is 7.22. The van der Waals surface area contributed by atoms with Crippen LogP contribution in [0.5, 0.6) is 23.0 Å². The van der Waals surface area contributed by atoms with Crippen LogP contribution in [0.4, 0.5) is 0 Å². The van der Waals surface area contributed by atoms with Crippen LogP contribution in [0.25, 0.3) is 22.3 Å². The van der Waals surface area contributed by atoms with Crippen LogP contribution in [0, 0.1) is 0 Å². The highest BCUT2D eigenvalue weighted by atomic mass is 16.7. The molecule has 3 heterocycles. The van der Waals surface area contributed by atoms with Gasteiger partial charge in [-0.1, -0.05) is 0 Å². The van der Waals surface area contributed by atoms with Crippen LogP contribution in [0.1, 0.15) is 0 Å². The lowest BCUT2D eigenvalue weighted by atomic mass is 9.99. The van der Waals surface area contributed by atoms with Gasteiger partial charge in [-0.25, -0.2) is 0 Å². The molecule has 0 spiro atoms. The van der Waals surface area contributed by atoms with E-state index in [1.54, 1.807) is 0 Å². The summed E-state index contributed by atoms with van der Waals surface area (Å²) in [5.41, 5.74) is -1.11. The zero-order valence-electron chi connectivity index (χ0n) is 22.1. The second-order valence-electron chi connectivity index (χ2n) is 10.1. The molecule has 16 heteroatoms. The number of fused-ring (bicyclic) bond motifs is 1. The molecule has 0 bridgehead atoms. The van der Waals surface area contributed by atoms with Crippen LogP contribution in [0.15, 0.2) is 45.6 Å². The summed E-state index contributed by atoms with van der Waals surface area (Å²) in [5, 5.41) is 100. The number of phenolic OH excluding ortho intramolecular Hbond substituents is 2. The Bertz CT molecular complexity index is 1490. The number of aromatic hydroxyl groups is 2. The number of aliphatic hydroxyl groups is 8. The molecule has 10 N–H and O–H groups in total. The van der Waals surface area contributed by atoms with Gasteiger partial charge < -0.3 is 74.4 Å². The molecule has 2 aliphatic rings. The van der Waals surface area contributed by atoms with E-state index in [0.29, 0.717) is 0 Å². The lowest BCUT2D eigenvalue weighted by Crippen LogP contribution is -2.60. The van der Waals surface area contributed by atoms with E-state index >= 15 is 0 Å². The summed E-state index contributed by atoms with van der Waals surface area (Å²) in [6, 6.07) is 7.35. The standard InChI is InChI=1S/C27H30O16/c28-7-14-17(32)20(35)22(37)26(41-14)39-11-5-12(31)16-13(6-11)40-24(9-1-3-10(30)4-2-9)25(19(16)34)43-27-23(38)21(36)18(33)15(8-29)42-27/h1-6,14-15,17-18,20-23,26-33,35-38H,7-8H2/t14-,15-,17-,18-,20+,21+,22-,23-,26-,27+/m0/s1. The Morgan fingerprint density at radius 3 is 1.77 bits per heavy atom. The summed E-state index contributed by atoms with van der Waals surface area (Å²) in [7, 11) is 0. The quantitative estimate of drug-likeness (QED) is 0.130. The summed E-state index contributed by atoms with van der Waals surface area (Å²) in [4.78, 5) is 13.7. The van der Waals surface area contributed by atoms with Crippen molar-refractivity contribution in [3.05, 3.63) is 46.6 Å². The lowest BCUT2D eigenvalue weighted by molar-refractivity contribution is -0.277. The van der Waals surface area contributed by atoms with Crippen LogP contribution in [0.3, 0.4) is 0 Å². The summed E-state index contributed by atoms with van der Waals surface area (Å²) >= 11 is 0. The Balaban J connectivity index is 1.58. The van der Waals surface area contributed by atoms with Crippen LogP contribution in [0.2, 0.25) is 0 Å². The molecule has 2 aromatic carbocycles. The fourth-order valence-corrected chi connectivity index (χ4v) is 4.82. The molecule has 234 valence electrons. The summed E-state index contributed by atoms with van der Waals surface area (Å²) < 4.78 is 27.8. The molecule has 1 aromatic heterocycles. The fourth-order valence-electron chi connectivity index (χ4n) is 4.82.